The third kappa shape index (κ3) is 4.38. The third-order valence-electron chi connectivity index (χ3n) is 2.42. The minimum Gasteiger partial charge on any atom is -0.383 e. The molecule has 0 amide bonds. The Balaban J connectivity index is 3.51. The van der Waals surface area contributed by atoms with Crippen molar-refractivity contribution >= 4 is 0 Å². The summed E-state index contributed by atoms with van der Waals surface area (Å²) in [6.45, 7) is 8.43. The molecule has 0 aliphatic carbocycles. The average Bonchev–Trinajstić information content (AvgIpc) is 2.05. The minimum atomic E-state index is 0.304. The number of hydrogen-bond donors (Lipinski definition) is 1. The fourth-order valence-electron chi connectivity index (χ4n) is 0.955. The van der Waals surface area contributed by atoms with Crippen molar-refractivity contribution in [1.82, 2.24) is 5.32 Å². The number of nitrogens with one attached hydrogen (secondary N) is 1. The fraction of sp³-hybridized carbons (Fsp3) is 1.00. The van der Waals surface area contributed by atoms with Crippen LogP contribution in [0.2, 0.25) is 0 Å². The maximum absolute atomic E-state index is 4.96. The van der Waals surface area contributed by atoms with Gasteiger partial charge in [0.1, 0.15) is 0 Å². The smallest absolute Gasteiger partial charge is 0.0587 e. The number of methoxy groups -OCH3 is 1. The van der Waals surface area contributed by atoms with E-state index in [2.05, 4.69) is 26.1 Å². The molecule has 0 aliphatic heterocycles. The van der Waals surface area contributed by atoms with Gasteiger partial charge in [-0.05, 0) is 19.8 Å². The lowest BCUT2D eigenvalue weighted by molar-refractivity contribution is 0.184. The first-order valence-electron chi connectivity index (χ1n) is 4.42. The zero-order valence-electron chi connectivity index (χ0n) is 8.24. The van der Waals surface area contributed by atoms with Crippen molar-refractivity contribution in [3.63, 3.8) is 0 Å². The molecule has 68 valence electrons. The first-order chi connectivity index (χ1) is 5.18. The molecule has 0 aromatic heterocycles. The SMILES string of the molecule is CCC(C)(CC)NCCOC. The van der Waals surface area contributed by atoms with E-state index < -0.39 is 0 Å². The van der Waals surface area contributed by atoms with Crippen LogP contribution < -0.4 is 5.32 Å². The predicted molar refractivity (Wildman–Crippen MR) is 48.9 cm³/mol. The Morgan fingerprint density at radius 1 is 1.27 bits per heavy atom. The van der Waals surface area contributed by atoms with Gasteiger partial charge < -0.3 is 10.1 Å². The molecule has 0 saturated heterocycles. The monoisotopic (exact) mass is 159 g/mol. The van der Waals surface area contributed by atoms with Crippen LogP contribution in [0.25, 0.3) is 0 Å². The van der Waals surface area contributed by atoms with Gasteiger partial charge in [-0.25, -0.2) is 0 Å². The summed E-state index contributed by atoms with van der Waals surface area (Å²) in [4.78, 5) is 0. The Morgan fingerprint density at radius 2 is 1.82 bits per heavy atom. The van der Waals surface area contributed by atoms with Crippen molar-refractivity contribution in [2.75, 3.05) is 20.3 Å². The topological polar surface area (TPSA) is 21.3 Å². The van der Waals surface area contributed by atoms with Crippen LogP contribution in [-0.4, -0.2) is 25.8 Å². The highest BCUT2D eigenvalue weighted by atomic mass is 16.5. The quantitative estimate of drug-likeness (QED) is 0.597. The van der Waals surface area contributed by atoms with E-state index >= 15 is 0 Å². The molecule has 0 aromatic rings. The average molecular weight is 159 g/mol. The zero-order valence-corrected chi connectivity index (χ0v) is 8.24. The van der Waals surface area contributed by atoms with Crippen LogP contribution in [0.3, 0.4) is 0 Å². The van der Waals surface area contributed by atoms with E-state index in [0.29, 0.717) is 5.54 Å². The Bertz CT molecular complexity index is 89.6. The van der Waals surface area contributed by atoms with Gasteiger partial charge in [0.15, 0.2) is 0 Å². The van der Waals surface area contributed by atoms with Crippen LogP contribution in [-0.2, 0) is 4.74 Å². The lowest BCUT2D eigenvalue weighted by atomic mass is 9.96. The van der Waals surface area contributed by atoms with Gasteiger partial charge in [0.25, 0.3) is 0 Å². The molecular weight excluding hydrogens is 138 g/mol. The van der Waals surface area contributed by atoms with Crippen LogP contribution in [0.5, 0.6) is 0 Å². The van der Waals surface area contributed by atoms with E-state index in [9.17, 15) is 0 Å². The molecule has 0 atom stereocenters. The summed E-state index contributed by atoms with van der Waals surface area (Å²) in [5, 5.41) is 3.47. The largest absolute Gasteiger partial charge is 0.383 e. The van der Waals surface area contributed by atoms with Gasteiger partial charge in [-0.15, -0.1) is 0 Å². The normalized spacial score (nSPS) is 12.0. The van der Waals surface area contributed by atoms with E-state index in [1.165, 1.54) is 12.8 Å². The van der Waals surface area contributed by atoms with E-state index in [0.717, 1.165) is 13.2 Å². The van der Waals surface area contributed by atoms with Gasteiger partial charge >= 0.3 is 0 Å². The van der Waals surface area contributed by atoms with E-state index in [1.807, 2.05) is 0 Å². The Morgan fingerprint density at radius 3 is 2.18 bits per heavy atom. The minimum absolute atomic E-state index is 0.304. The van der Waals surface area contributed by atoms with Gasteiger partial charge in [0.05, 0.1) is 6.61 Å². The molecule has 11 heavy (non-hydrogen) atoms. The Kier molecular flexibility index (Phi) is 5.51. The standard InChI is InChI=1S/C9H21NO/c1-5-9(3,6-2)10-7-8-11-4/h10H,5-8H2,1-4H3. The van der Waals surface area contributed by atoms with E-state index in [1.54, 1.807) is 7.11 Å². The maximum atomic E-state index is 4.96. The first kappa shape index (κ1) is 10.9. The number of rotatable bonds is 6. The highest BCUT2D eigenvalue weighted by Gasteiger charge is 2.17. The molecular formula is C9H21NO. The second kappa shape index (κ2) is 5.56. The highest BCUT2D eigenvalue weighted by molar-refractivity contribution is 4.78. The summed E-state index contributed by atoms with van der Waals surface area (Å²) in [5.41, 5.74) is 0.304. The molecule has 0 aromatic carbocycles. The molecule has 0 bridgehead atoms. The zero-order chi connectivity index (χ0) is 8.74. The second-order valence-corrected chi connectivity index (χ2v) is 3.19. The van der Waals surface area contributed by atoms with Crippen molar-refractivity contribution in [2.45, 2.75) is 39.2 Å². The van der Waals surface area contributed by atoms with E-state index in [-0.39, 0.29) is 0 Å². The molecule has 0 radical (unpaired) electrons. The van der Waals surface area contributed by atoms with Gasteiger partial charge in [-0.1, -0.05) is 13.8 Å². The number of hydrogen-bond acceptors (Lipinski definition) is 2. The summed E-state index contributed by atoms with van der Waals surface area (Å²) in [5.74, 6) is 0. The fourth-order valence-corrected chi connectivity index (χ4v) is 0.955. The summed E-state index contributed by atoms with van der Waals surface area (Å²) in [7, 11) is 1.73. The summed E-state index contributed by atoms with van der Waals surface area (Å²) < 4.78 is 4.96. The lowest BCUT2D eigenvalue weighted by Crippen LogP contribution is -2.42. The van der Waals surface area contributed by atoms with Crippen LogP contribution in [0.1, 0.15) is 33.6 Å². The van der Waals surface area contributed by atoms with Crippen LogP contribution >= 0.6 is 0 Å². The first-order valence-corrected chi connectivity index (χ1v) is 4.42. The molecule has 0 spiro atoms. The van der Waals surface area contributed by atoms with Crippen LogP contribution in [0.15, 0.2) is 0 Å². The molecule has 0 saturated carbocycles. The van der Waals surface area contributed by atoms with Crippen molar-refractivity contribution < 1.29 is 4.74 Å². The third-order valence-corrected chi connectivity index (χ3v) is 2.42. The van der Waals surface area contributed by atoms with Crippen molar-refractivity contribution in [1.29, 1.82) is 0 Å². The van der Waals surface area contributed by atoms with Crippen LogP contribution in [0, 0.1) is 0 Å². The maximum Gasteiger partial charge on any atom is 0.0587 e. The predicted octanol–water partition coefficient (Wildman–Crippen LogP) is 1.80. The van der Waals surface area contributed by atoms with Gasteiger partial charge in [0.2, 0.25) is 0 Å². The molecule has 0 rings (SSSR count). The van der Waals surface area contributed by atoms with Crippen LogP contribution in [0.4, 0.5) is 0 Å². The lowest BCUT2D eigenvalue weighted by Gasteiger charge is -2.28. The van der Waals surface area contributed by atoms with Gasteiger partial charge in [0, 0.05) is 19.2 Å². The van der Waals surface area contributed by atoms with E-state index in [4.69, 9.17) is 4.74 Å². The Labute approximate surface area is 70.3 Å². The molecule has 0 unspecified atom stereocenters. The molecule has 2 nitrogen and oxygen atoms in total. The van der Waals surface area contributed by atoms with Crippen molar-refractivity contribution in [3.05, 3.63) is 0 Å². The second-order valence-electron chi connectivity index (χ2n) is 3.19. The molecule has 0 fully saturated rings. The summed E-state index contributed by atoms with van der Waals surface area (Å²) >= 11 is 0. The number of ether oxygens (including phenoxy) is 1. The molecule has 0 aliphatic rings. The van der Waals surface area contributed by atoms with Crippen molar-refractivity contribution in [3.8, 4) is 0 Å². The summed E-state index contributed by atoms with van der Waals surface area (Å²) in [6.07, 6.45) is 2.35. The molecule has 1 N–H and O–H groups in total. The Hall–Kier alpha value is -0.0800. The molecule has 2 heteroatoms. The molecule has 0 heterocycles. The van der Waals surface area contributed by atoms with Crippen molar-refractivity contribution in [2.24, 2.45) is 0 Å². The van der Waals surface area contributed by atoms with Gasteiger partial charge in [-0.3, -0.25) is 0 Å². The van der Waals surface area contributed by atoms with Gasteiger partial charge in [-0.2, -0.15) is 0 Å². The highest BCUT2D eigenvalue weighted by Crippen LogP contribution is 2.12. The summed E-state index contributed by atoms with van der Waals surface area (Å²) in [6, 6.07) is 0.